The lowest BCUT2D eigenvalue weighted by atomic mass is 9.79. The molecule has 0 aromatic heterocycles. The molecule has 0 spiro atoms. The Morgan fingerprint density at radius 3 is 2.67 bits per heavy atom. The molecule has 2 nitrogen and oxygen atoms in total. The van der Waals surface area contributed by atoms with Gasteiger partial charge in [0.2, 0.25) is 0 Å². The Labute approximate surface area is 112 Å². The minimum atomic E-state index is 0.543. The van der Waals surface area contributed by atoms with Crippen molar-refractivity contribution >= 4 is 6.21 Å². The van der Waals surface area contributed by atoms with Gasteiger partial charge < -0.3 is 5.32 Å². The van der Waals surface area contributed by atoms with E-state index in [2.05, 4.69) is 23.0 Å². The molecule has 0 amide bonds. The molecule has 2 heteroatoms. The molecule has 1 fully saturated rings. The van der Waals surface area contributed by atoms with Crippen molar-refractivity contribution in [3.63, 3.8) is 0 Å². The van der Waals surface area contributed by atoms with E-state index < -0.39 is 0 Å². The molecule has 0 saturated heterocycles. The Morgan fingerprint density at radius 1 is 1.33 bits per heavy atom. The van der Waals surface area contributed by atoms with Crippen molar-refractivity contribution in [2.75, 3.05) is 13.1 Å². The van der Waals surface area contributed by atoms with E-state index in [9.17, 15) is 0 Å². The average molecular weight is 248 g/mol. The standard InChI is InChI=1S/C16H28N2/c1-4-11-17-12-9-16(7-5-6-8-16)10-13-18-14-15(2)3/h4,11,14,17H,2,5-10,12-13H2,1,3H3/b11-4+,18-14-. The Bertz CT molecular complexity index is 296. The SMILES string of the molecule is C=C(C)/C=N\CCC1(CCN/C=C/C)CCCC1. The Morgan fingerprint density at radius 2 is 2.06 bits per heavy atom. The summed E-state index contributed by atoms with van der Waals surface area (Å²) in [6.45, 7) is 9.93. The van der Waals surface area contributed by atoms with Gasteiger partial charge in [-0.1, -0.05) is 25.5 Å². The van der Waals surface area contributed by atoms with E-state index >= 15 is 0 Å². The van der Waals surface area contributed by atoms with Crippen LogP contribution in [-0.4, -0.2) is 19.3 Å². The first kappa shape index (κ1) is 15.0. The molecule has 1 aliphatic rings. The fraction of sp³-hybridized carbons (Fsp3) is 0.688. The van der Waals surface area contributed by atoms with Crippen LogP contribution in [-0.2, 0) is 0 Å². The van der Waals surface area contributed by atoms with Crippen molar-refractivity contribution in [2.45, 2.75) is 52.4 Å². The predicted octanol–water partition coefficient (Wildman–Crippen LogP) is 4.10. The molecule has 0 atom stereocenters. The zero-order valence-electron chi connectivity index (χ0n) is 12.0. The van der Waals surface area contributed by atoms with Crippen LogP contribution in [0.3, 0.4) is 0 Å². The third-order valence-electron chi connectivity index (χ3n) is 3.83. The maximum Gasteiger partial charge on any atom is 0.0394 e. The van der Waals surface area contributed by atoms with Gasteiger partial charge in [0.25, 0.3) is 0 Å². The fourth-order valence-electron chi connectivity index (χ4n) is 2.81. The van der Waals surface area contributed by atoms with E-state index in [0.29, 0.717) is 5.41 Å². The minimum absolute atomic E-state index is 0.543. The molecule has 1 saturated carbocycles. The van der Waals surface area contributed by atoms with Gasteiger partial charge in [-0.3, -0.25) is 4.99 Å². The van der Waals surface area contributed by atoms with Crippen molar-refractivity contribution in [2.24, 2.45) is 10.4 Å². The van der Waals surface area contributed by atoms with E-state index in [1.807, 2.05) is 26.3 Å². The lowest BCUT2D eigenvalue weighted by Gasteiger charge is -2.28. The Kier molecular flexibility index (Phi) is 6.77. The molecule has 1 rings (SSSR count). The number of nitrogens with zero attached hydrogens (tertiary/aromatic N) is 1. The van der Waals surface area contributed by atoms with Crippen LogP contribution in [0.25, 0.3) is 0 Å². The summed E-state index contributed by atoms with van der Waals surface area (Å²) in [5, 5.41) is 3.36. The summed E-state index contributed by atoms with van der Waals surface area (Å²) in [4.78, 5) is 4.46. The van der Waals surface area contributed by atoms with Crippen molar-refractivity contribution in [3.8, 4) is 0 Å². The molecular formula is C16H28N2. The third kappa shape index (κ3) is 5.52. The zero-order chi connectivity index (χ0) is 13.3. The molecule has 0 heterocycles. The maximum absolute atomic E-state index is 4.46. The van der Waals surface area contributed by atoms with Gasteiger partial charge in [-0.05, 0) is 56.7 Å². The minimum Gasteiger partial charge on any atom is -0.391 e. The second kappa shape index (κ2) is 8.12. The van der Waals surface area contributed by atoms with Crippen LogP contribution in [0.15, 0.2) is 29.4 Å². The number of nitrogens with one attached hydrogen (secondary N) is 1. The molecule has 0 unspecified atom stereocenters. The number of aliphatic imine (C=N–C) groups is 1. The molecule has 1 N–H and O–H groups in total. The zero-order valence-corrected chi connectivity index (χ0v) is 12.0. The van der Waals surface area contributed by atoms with Gasteiger partial charge in [0.15, 0.2) is 0 Å². The van der Waals surface area contributed by atoms with Gasteiger partial charge >= 0.3 is 0 Å². The molecule has 0 aliphatic heterocycles. The van der Waals surface area contributed by atoms with Crippen molar-refractivity contribution in [1.29, 1.82) is 0 Å². The number of allylic oxidation sites excluding steroid dienone is 2. The van der Waals surface area contributed by atoms with Gasteiger partial charge in [0, 0.05) is 19.3 Å². The summed E-state index contributed by atoms with van der Waals surface area (Å²) in [5.74, 6) is 0. The van der Waals surface area contributed by atoms with Crippen molar-refractivity contribution in [3.05, 3.63) is 24.4 Å². The first-order chi connectivity index (χ1) is 8.68. The van der Waals surface area contributed by atoms with E-state index in [4.69, 9.17) is 0 Å². The van der Waals surface area contributed by atoms with Crippen molar-refractivity contribution < 1.29 is 0 Å². The molecule has 0 aromatic rings. The maximum atomic E-state index is 4.46. The Balaban J connectivity index is 2.35. The monoisotopic (exact) mass is 248 g/mol. The highest BCUT2D eigenvalue weighted by molar-refractivity contribution is 5.76. The van der Waals surface area contributed by atoms with Crippen LogP contribution in [0, 0.1) is 5.41 Å². The van der Waals surface area contributed by atoms with Gasteiger partial charge in [-0.2, -0.15) is 0 Å². The summed E-state index contributed by atoms with van der Waals surface area (Å²) in [5.41, 5.74) is 1.59. The molecule has 1 aliphatic carbocycles. The lowest BCUT2D eigenvalue weighted by Crippen LogP contribution is -2.23. The van der Waals surface area contributed by atoms with E-state index in [-0.39, 0.29) is 0 Å². The van der Waals surface area contributed by atoms with Crippen LogP contribution in [0.5, 0.6) is 0 Å². The van der Waals surface area contributed by atoms with Crippen LogP contribution in [0.1, 0.15) is 52.4 Å². The summed E-state index contributed by atoms with van der Waals surface area (Å²) >= 11 is 0. The Hall–Kier alpha value is -1.05. The highest BCUT2D eigenvalue weighted by Crippen LogP contribution is 2.43. The summed E-state index contributed by atoms with van der Waals surface area (Å²) in [7, 11) is 0. The van der Waals surface area contributed by atoms with Gasteiger partial charge in [-0.15, -0.1) is 0 Å². The third-order valence-corrected chi connectivity index (χ3v) is 3.83. The number of hydrogen-bond acceptors (Lipinski definition) is 2. The highest BCUT2D eigenvalue weighted by Gasteiger charge is 2.32. The van der Waals surface area contributed by atoms with Crippen LogP contribution in [0.2, 0.25) is 0 Å². The van der Waals surface area contributed by atoms with Gasteiger partial charge in [0.1, 0.15) is 0 Å². The molecule has 102 valence electrons. The number of hydrogen-bond donors (Lipinski definition) is 1. The van der Waals surface area contributed by atoms with Crippen LogP contribution in [0.4, 0.5) is 0 Å². The first-order valence-electron chi connectivity index (χ1n) is 7.18. The van der Waals surface area contributed by atoms with Gasteiger partial charge in [-0.25, -0.2) is 0 Å². The smallest absolute Gasteiger partial charge is 0.0394 e. The van der Waals surface area contributed by atoms with E-state index in [1.165, 1.54) is 38.5 Å². The molecule has 18 heavy (non-hydrogen) atoms. The molecule has 0 aromatic carbocycles. The summed E-state index contributed by atoms with van der Waals surface area (Å²) < 4.78 is 0. The quantitative estimate of drug-likeness (QED) is 0.507. The van der Waals surface area contributed by atoms with Crippen LogP contribution >= 0.6 is 0 Å². The molecule has 0 bridgehead atoms. The summed E-state index contributed by atoms with van der Waals surface area (Å²) in [6.07, 6.45) is 14.1. The normalized spacial score (nSPS) is 18.8. The van der Waals surface area contributed by atoms with E-state index in [0.717, 1.165) is 18.7 Å². The first-order valence-corrected chi connectivity index (χ1v) is 7.18. The largest absolute Gasteiger partial charge is 0.391 e. The number of rotatable bonds is 8. The molecular weight excluding hydrogens is 220 g/mol. The second-order valence-electron chi connectivity index (χ2n) is 5.54. The predicted molar refractivity (Wildman–Crippen MR) is 81.1 cm³/mol. The second-order valence-corrected chi connectivity index (χ2v) is 5.54. The summed E-state index contributed by atoms with van der Waals surface area (Å²) in [6, 6.07) is 0. The average Bonchev–Trinajstić information content (AvgIpc) is 2.80. The lowest BCUT2D eigenvalue weighted by molar-refractivity contribution is 0.253. The topological polar surface area (TPSA) is 24.4 Å². The fourth-order valence-corrected chi connectivity index (χ4v) is 2.81. The van der Waals surface area contributed by atoms with E-state index in [1.54, 1.807) is 0 Å². The van der Waals surface area contributed by atoms with Gasteiger partial charge in [0.05, 0.1) is 0 Å². The molecule has 0 radical (unpaired) electrons. The van der Waals surface area contributed by atoms with Crippen molar-refractivity contribution in [1.82, 2.24) is 5.32 Å². The highest BCUT2D eigenvalue weighted by atomic mass is 14.8. The van der Waals surface area contributed by atoms with Crippen LogP contribution < -0.4 is 5.32 Å².